The Hall–Kier alpha value is -1.85. The molecule has 1 amide bonds. The average Bonchev–Trinajstić information content (AvgIpc) is 2.86. The van der Waals surface area contributed by atoms with Crippen LogP contribution in [0.15, 0.2) is 6.20 Å². The number of carboxylic acid groups (broad SMARTS) is 1. The lowest BCUT2D eigenvalue weighted by atomic mass is 9.86. The van der Waals surface area contributed by atoms with Gasteiger partial charge in [0, 0.05) is 18.3 Å². The van der Waals surface area contributed by atoms with Crippen molar-refractivity contribution in [2.75, 3.05) is 0 Å². The first-order chi connectivity index (χ1) is 10.9. The number of hydrogen-bond donors (Lipinski definition) is 2. The third kappa shape index (κ3) is 4.56. The number of nitrogens with one attached hydrogen (secondary N) is 1. The fourth-order valence-electron chi connectivity index (χ4n) is 3.02. The maximum atomic E-state index is 12.4. The van der Waals surface area contributed by atoms with Gasteiger partial charge in [-0.15, -0.1) is 0 Å². The van der Waals surface area contributed by atoms with E-state index in [-0.39, 0.29) is 17.9 Å². The van der Waals surface area contributed by atoms with E-state index in [0.29, 0.717) is 24.3 Å². The molecule has 23 heavy (non-hydrogen) atoms. The number of nitrogens with zero attached hydrogens (tertiary/aromatic N) is 2. The molecule has 0 saturated heterocycles. The first-order valence-corrected chi connectivity index (χ1v) is 8.44. The maximum absolute atomic E-state index is 12.4. The highest BCUT2D eigenvalue weighted by Crippen LogP contribution is 2.24. The lowest BCUT2D eigenvalue weighted by molar-refractivity contribution is -0.142. The standard InChI is InChI=1S/C17H27N3O3/c1-11(2)8-9-20-12(3)15(10-18-20)16(21)19-14-6-4-13(5-7-14)17(22)23/h10-11,13-14H,4-9H2,1-3H3,(H,19,21)(H,22,23). The van der Waals surface area contributed by atoms with E-state index in [1.165, 1.54) is 0 Å². The van der Waals surface area contributed by atoms with Gasteiger partial charge in [0.25, 0.3) is 5.91 Å². The Balaban J connectivity index is 1.90. The van der Waals surface area contributed by atoms with Crippen molar-refractivity contribution in [2.45, 2.75) is 65.5 Å². The third-order valence-corrected chi connectivity index (χ3v) is 4.68. The minimum Gasteiger partial charge on any atom is -0.481 e. The summed E-state index contributed by atoms with van der Waals surface area (Å²) >= 11 is 0. The summed E-state index contributed by atoms with van der Waals surface area (Å²) in [5.41, 5.74) is 1.51. The quantitative estimate of drug-likeness (QED) is 0.843. The van der Waals surface area contributed by atoms with Crippen LogP contribution in [0.2, 0.25) is 0 Å². The molecule has 1 aliphatic rings. The second-order valence-corrected chi connectivity index (χ2v) is 6.91. The SMILES string of the molecule is Cc1c(C(=O)NC2CCC(C(=O)O)CC2)cnn1CCC(C)C. The number of aromatic nitrogens is 2. The molecule has 0 bridgehead atoms. The molecule has 128 valence electrons. The molecule has 2 rings (SSSR count). The second kappa shape index (κ2) is 7.62. The van der Waals surface area contributed by atoms with Crippen LogP contribution in [-0.4, -0.2) is 32.8 Å². The third-order valence-electron chi connectivity index (χ3n) is 4.68. The molecule has 1 saturated carbocycles. The molecular formula is C17H27N3O3. The number of carbonyl (C=O) groups is 2. The van der Waals surface area contributed by atoms with Crippen molar-refractivity contribution in [3.8, 4) is 0 Å². The van der Waals surface area contributed by atoms with Gasteiger partial charge in [0.1, 0.15) is 0 Å². The number of rotatable bonds is 6. The van der Waals surface area contributed by atoms with E-state index in [1.54, 1.807) is 6.20 Å². The molecule has 0 unspecified atom stereocenters. The van der Waals surface area contributed by atoms with E-state index < -0.39 is 5.97 Å². The van der Waals surface area contributed by atoms with Gasteiger partial charge in [0.05, 0.1) is 17.7 Å². The molecule has 0 aromatic carbocycles. The summed E-state index contributed by atoms with van der Waals surface area (Å²) in [6.07, 6.45) is 5.38. The normalized spacial score (nSPS) is 21.4. The summed E-state index contributed by atoms with van der Waals surface area (Å²) in [6.45, 7) is 7.07. The van der Waals surface area contributed by atoms with Gasteiger partial charge >= 0.3 is 5.97 Å². The Bertz CT molecular complexity index is 557. The van der Waals surface area contributed by atoms with E-state index in [2.05, 4.69) is 24.3 Å². The van der Waals surface area contributed by atoms with Crippen LogP contribution < -0.4 is 5.32 Å². The molecule has 1 aromatic heterocycles. The molecule has 6 nitrogen and oxygen atoms in total. The lowest BCUT2D eigenvalue weighted by Gasteiger charge is -2.26. The zero-order valence-electron chi connectivity index (χ0n) is 14.2. The van der Waals surface area contributed by atoms with Gasteiger partial charge in [-0.2, -0.15) is 5.10 Å². The first kappa shape index (κ1) is 17.5. The van der Waals surface area contributed by atoms with Crippen LogP contribution in [0.1, 0.15) is 62.0 Å². The Morgan fingerprint density at radius 3 is 2.57 bits per heavy atom. The summed E-state index contributed by atoms with van der Waals surface area (Å²) in [5, 5.41) is 16.4. The van der Waals surface area contributed by atoms with Gasteiger partial charge in [-0.25, -0.2) is 0 Å². The smallest absolute Gasteiger partial charge is 0.306 e. The van der Waals surface area contributed by atoms with Crippen LogP contribution in [0.3, 0.4) is 0 Å². The fraction of sp³-hybridized carbons (Fsp3) is 0.706. The number of hydrogen-bond acceptors (Lipinski definition) is 3. The maximum Gasteiger partial charge on any atom is 0.306 e. The monoisotopic (exact) mass is 321 g/mol. The van der Waals surface area contributed by atoms with Gasteiger partial charge in [0.15, 0.2) is 0 Å². The summed E-state index contributed by atoms with van der Waals surface area (Å²) < 4.78 is 1.89. The van der Waals surface area contributed by atoms with Gasteiger partial charge in [-0.1, -0.05) is 13.8 Å². The van der Waals surface area contributed by atoms with Crippen molar-refractivity contribution in [3.63, 3.8) is 0 Å². The largest absolute Gasteiger partial charge is 0.481 e. The Morgan fingerprint density at radius 2 is 2.00 bits per heavy atom. The molecule has 2 N–H and O–H groups in total. The molecule has 6 heteroatoms. The summed E-state index contributed by atoms with van der Waals surface area (Å²) in [7, 11) is 0. The van der Waals surface area contributed by atoms with Crippen LogP contribution in [0.5, 0.6) is 0 Å². The molecule has 0 radical (unpaired) electrons. The molecule has 0 atom stereocenters. The van der Waals surface area contributed by atoms with E-state index >= 15 is 0 Å². The van der Waals surface area contributed by atoms with Crippen LogP contribution >= 0.6 is 0 Å². The van der Waals surface area contributed by atoms with Crippen molar-refractivity contribution in [1.82, 2.24) is 15.1 Å². The fourth-order valence-corrected chi connectivity index (χ4v) is 3.02. The van der Waals surface area contributed by atoms with E-state index in [0.717, 1.165) is 31.5 Å². The number of amides is 1. The van der Waals surface area contributed by atoms with Crippen molar-refractivity contribution in [2.24, 2.45) is 11.8 Å². The van der Waals surface area contributed by atoms with Crippen LogP contribution in [0.4, 0.5) is 0 Å². The van der Waals surface area contributed by atoms with Crippen LogP contribution in [0, 0.1) is 18.8 Å². The van der Waals surface area contributed by atoms with Crippen molar-refractivity contribution < 1.29 is 14.7 Å². The number of carboxylic acids is 1. The number of aryl methyl sites for hydroxylation is 1. The van der Waals surface area contributed by atoms with Crippen LogP contribution in [0.25, 0.3) is 0 Å². The van der Waals surface area contributed by atoms with Gasteiger partial charge < -0.3 is 10.4 Å². The molecule has 0 spiro atoms. The molecule has 1 aromatic rings. The summed E-state index contributed by atoms with van der Waals surface area (Å²) in [4.78, 5) is 23.4. The molecule has 1 fully saturated rings. The Morgan fingerprint density at radius 1 is 1.35 bits per heavy atom. The number of carbonyl (C=O) groups excluding carboxylic acids is 1. The van der Waals surface area contributed by atoms with Gasteiger partial charge in [-0.05, 0) is 44.9 Å². The first-order valence-electron chi connectivity index (χ1n) is 8.44. The van der Waals surface area contributed by atoms with Gasteiger partial charge in [-0.3, -0.25) is 14.3 Å². The summed E-state index contributed by atoms with van der Waals surface area (Å²) in [5.74, 6) is -0.488. The molecular weight excluding hydrogens is 294 g/mol. The summed E-state index contributed by atoms with van der Waals surface area (Å²) in [6, 6.07) is 0.0662. The van der Waals surface area contributed by atoms with E-state index in [1.807, 2.05) is 11.6 Å². The van der Waals surface area contributed by atoms with E-state index in [9.17, 15) is 9.59 Å². The lowest BCUT2D eigenvalue weighted by Crippen LogP contribution is -2.38. The average molecular weight is 321 g/mol. The predicted octanol–water partition coefficient (Wildman–Crippen LogP) is 2.61. The topological polar surface area (TPSA) is 84.2 Å². The van der Waals surface area contributed by atoms with Crippen molar-refractivity contribution in [3.05, 3.63) is 17.5 Å². The zero-order valence-corrected chi connectivity index (χ0v) is 14.2. The Kier molecular flexibility index (Phi) is 5.80. The minimum absolute atomic E-state index is 0.0662. The van der Waals surface area contributed by atoms with Crippen molar-refractivity contribution >= 4 is 11.9 Å². The van der Waals surface area contributed by atoms with Gasteiger partial charge in [0.2, 0.25) is 0 Å². The number of aliphatic carboxylic acids is 1. The minimum atomic E-state index is -0.725. The highest BCUT2D eigenvalue weighted by molar-refractivity contribution is 5.95. The van der Waals surface area contributed by atoms with Crippen LogP contribution in [-0.2, 0) is 11.3 Å². The highest BCUT2D eigenvalue weighted by Gasteiger charge is 2.27. The Labute approximate surface area is 137 Å². The second-order valence-electron chi connectivity index (χ2n) is 6.91. The van der Waals surface area contributed by atoms with E-state index in [4.69, 9.17) is 5.11 Å². The molecule has 1 heterocycles. The van der Waals surface area contributed by atoms with Crippen molar-refractivity contribution in [1.29, 1.82) is 0 Å². The molecule has 0 aliphatic heterocycles. The highest BCUT2D eigenvalue weighted by atomic mass is 16.4. The zero-order chi connectivity index (χ0) is 17.0. The predicted molar refractivity (Wildman–Crippen MR) is 87.3 cm³/mol. The molecule has 1 aliphatic carbocycles.